The van der Waals surface area contributed by atoms with Crippen LogP contribution in [0.25, 0.3) is 0 Å². The lowest BCUT2D eigenvalue weighted by molar-refractivity contribution is 0.106. The van der Waals surface area contributed by atoms with Gasteiger partial charge in [-0.2, -0.15) is 0 Å². The van der Waals surface area contributed by atoms with Crippen molar-refractivity contribution < 1.29 is 9.84 Å². The zero-order valence-corrected chi connectivity index (χ0v) is 13.6. The standard InChI is InChI=1S/C19H25NO2/c1-14-9-15(2)16(3)19(10-14)22-13-18(21)12-20-11-17-7-5-4-6-8-17/h4-10,18,20-21H,11-13H2,1-3H3. The fourth-order valence-electron chi connectivity index (χ4n) is 2.37. The highest BCUT2D eigenvalue weighted by Gasteiger charge is 2.08. The third kappa shape index (κ3) is 4.86. The Balaban J connectivity index is 1.77. The molecule has 22 heavy (non-hydrogen) atoms. The minimum Gasteiger partial charge on any atom is -0.491 e. The number of hydrogen-bond acceptors (Lipinski definition) is 3. The topological polar surface area (TPSA) is 41.5 Å². The van der Waals surface area contributed by atoms with Crippen LogP contribution in [0, 0.1) is 20.8 Å². The lowest BCUT2D eigenvalue weighted by Gasteiger charge is -2.16. The van der Waals surface area contributed by atoms with E-state index in [1.54, 1.807) is 0 Å². The van der Waals surface area contributed by atoms with Gasteiger partial charge in [-0.05, 0) is 49.1 Å². The first-order valence-electron chi connectivity index (χ1n) is 7.69. The average molecular weight is 299 g/mol. The molecule has 2 N–H and O–H groups in total. The smallest absolute Gasteiger partial charge is 0.122 e. The van der Waals surface area contributed by atoms with Gasteiger partial charge in [0, 0.05) is 13.1 Å². The Morgan fingerprint density at radius 2 is 1.82 bits per heavy atom. The summed E-state index contributed by atoms with van der Waals surface area (Å²) in [5.74, 6) is 0.861. The third-order valence-corrected chi connectivity index (χ3v) is 3.75. The zero-order valence-electron chi connectivity index (χ0n) is 13.6. The fraction of sp³-hybridized carbons (Fsp3) is 0.368. The monoisotopic (exact) mass is 299 g/mol. The second-order valence-corrected chi connectivity index (χ2v) is 5.79. The van der Waals surface area contributed by atoms with E-state index in [4.69, 9.17) is 4.74 Å². The molecule has 0 amide bonds. The van der Waals surface area contributed by atoms with Crippen LogP contribution in [0.2, 0.25) is 0 Å². The molecule has 2 rings (SSSR count). The van der Waals surface area contributed by atoms with Gasteiger partial charge >= 0.3 is 0 Å². The summed E-state index contributed by atoms with van der Waals surface area (Å²) >= 11 is 0. The van der Waals surface area contributed by atoms with E-state index in [1.165, 1.54) is 16.7 Å². The molecule has 0 radical (unpaired) electrons. The van der Waals surface area contributed by atoms with E-state index in [-0.39, 0.29) is 0 Å². The van der Waals surface area contributed by atoms with Crippen LogP contribution in [-0.2, 0) is 6.54 Å². The Hall–Kier alpha value is -1.84. The van der Waals surface area contributed by atoms with E-state index in [2.05, 4.69) is 37.4 Å². The van der Waals surface area contributed by atoms with Gasteiger partial charge in [-0.25, -0.2) is 0 Å². The van der Waals surface area contributed by atoms with Gasteiger partial charge in [0.2, 0.25) is 0 Å². The summed E-state index contributed by atoms with van der Waals surface area (Å²) in [6.45, 7) is 7.74. The minimum absolute atomic E-state index is 0.297. The van der Waals surface area contributed by atoms with Gasteiger partial charge in [0.05, 0.1) is 0 Å². The molecule has 0 aliphatic carbocycles. The zero-order chi connectivity index (χ0) is 15.9. The molecule has 2 aromatic carbocycles. The van der Waals surface area contributed by atoms with E-state index < -0.39 is 6.10 Å². The lowest BCUT2D eigenvalue weighted by atomic mass is 10.1. The Morgan fingerprint density at radius 1 is 1.09 bits per heavy atom. The number of nitrogens with one attached hydrogen (secondary N) is 1. The molecule has 2 aromatic rings. The molecule has 1 unspecified atom stereocenters. The highest BCUT2D eigenvalue weighted by Crippen LogP contribution is 2.23. The molecule has 0 heterocycles. The summed E-state index contributed by atoms with van der Waals surface area (Å²) in [6.07, 6.45) is -0.524. The fourth-order valence-corrected chi connectivity index (χ4v) is 2.37. The second-order valence-electron chi connectivity index (χ2n) is 5.79. The van der Waals surface area contributed by atoms with Crippen molar-refractivity contribution in [2.75, 3.05) is 13.2 Å². The molecule has 0 saturated heterocycles. The van der Waals surface area contributed by atoms with Crippen LogP contribution in [0.5, 0.6) is 5.75 Å². The quantitative estimate of drug-likeness (QED) is 0.825. The molecule has 118 valence electrons. The minimum atomic E-state index is -0.524. The molecule has 0 spiro atoms. The SMILES string of the molecule is Cc1cc(C)c(C)c(OCC(O)CNCc2ccccc2)c1. The summed E-state index contributed by atoms with van der Waals surface area (Å²) in [7, 11) is 0. The van der Waals surface area contributed by atoms with Crippen LogP contribution in [0.3, 0.4) is 0 Å². The molecule has 1 atom stereocenters. The van der Waals surface area contributed by atoms with E-state index in [0.717, 1.165) is 17.9 Å². The van der Waals surface area contributed by atoms with Crippen molar-refractivity contribution in [1.82, 2.24) is 5.32 Å². The van der Waals surface area contributed by atoms with Gasteiger partial charge in [0.25, 0.3) is 0 Å². The van der Waals surface area contributed by atoms with Gasteiger partial charge in [0.15, 0.2) is 0 Å². The van der Waals surface area contributed by atoms with Gasteiger partial charge in [-0.15, -0.1) is 0 Å². The van der Waals surface area contributed by atoms with E-state index in [9.17, 15) is 5.11 Å². The first-order chi connectivity index (χ1) is 10.6. The highest BCUT2D eigenvalue weighted by atomic mass is 16.5. The van der Waals surface area contributed by atoms with E-state index in [0.29, 0.717) is 13.2 Å². The van der Waals surface area contributed by atoms with Crippen LogP contribution >= 0.6 is 0 Å². The van der Waals surface area contributed by atoms with Crippen molar-refractivity contribution in [2.24, 2.45) is 0 Å². The number of benzene rings is 2. The molecule has 3 heteroatoms. The Labute approximate surface area is 133 Å². The van der Waals surface area contributed by atoms with Crippen molar-refractivity contribution in [3.8, 4) is 5.75 Å². The Kier molecular flexibility index (Phi) is 5.99. The van der Waals surface area contributed by atoms with Gasteiger partial charge in [-0.1, -0.05) is 36.4 Å². The molecule has 0 saturated carbocycles. The maximum atomic E-state index is 10.0. The molecule has 0 aliphatic rings. The molecule has 0 fully saturated rings. The Morgan fingerprint density at radius 3 is 2.55 bits per heavy atom. The van der Waals surface area contributed by atoms with Gasteiger partial charge in [-0.3, -0.25) is 0 Å². The molecule has 0 aromatic heterocycles. The van der Waals surface area contributed by atoms with Crippen LogP contribution in [0.15, 0.2) is 42.5 Å². The average Bonchev–Trinajstić information content (AvgIpc) is 2.50. The molecular formula is C19H25NO2. The Bertz CT molecular complexity index is 596. The van der Waals surface area contributed by atoms with Crippen LogP contribution in [0.1, 0.15) is 22.3 Å². The number of rotatable bonds is 7. The summed E-state index contributed by atoms with van der Waals surface area (Å²) in [5, 5.41) is 13.3. The molecular weight excluding hydrogens is 274 g/mol. The van der Waals surface area contributed by atoms with Crippen molar-refractivity contribution in [3.05, 3.63) is 64.7 Å². The highest BCUT2D eigenvalue weighted by molar-refractivity contribution is 5.41. The predicted octanol–water partition coefficient (Wildman–Crippen LogP) is 3.14. The summed E-state index contributed by atoms with van der Waals surface area (Å²) in [6, 6.07) is 14.3. The number of aryl methyl sites for hydroxylation is 2. The summed E-state index contributed by atoms with van der Waals surface area (Å²) in [5.41, 5.74) is 4.73. The number of aliphatic hydroxyl groups is 1. The normalized spacial score (nSPS) is 12.2. The molecule has 0 bridgehead atoms. The van der Waals surface area contributed by atoms with Gasteiger partial charge in [0.1, 0.15) is 18.5 Å². The maximum Gasteiger partial charge on any atom is 0.122 e. The van der Waals surface area contributed by atoms with Crippen molar-refractivity contribution in [3.63, 3.8) is 0 Å². The molecule has 0 aliphatic heterocycles. The molecule has 3 nitrogen and oxygen atoms in total. The van der Waals surface area contributed by atoms with Gasteiger partial charge < -0.3 is 15.2 Å². The van der Waals surface area contributed by atoms with Crippen LogP contribution in [0.4, 0.5) is 0 Å². The summed E-state index contributed by atoms with van der Waals surface area (Å²) in [4.78, 5) is 0. The first kappa shape index (κ1) is 16.5. The van der Waals surface area contributed by atoms with E-state index in [1.807, 2.05) is 31.2 Å². The van der Waals surface area contributed by atoms with E-state index >= 15 is 0 Å². The number of hydrogen-bond donors (Lipinski definition) is 2. The number of ether oxygens (including phenoxy) is 1. The summed E-state index contributed by atoms with van der Waals surface area (Å²) < 4.78 is 5.77. The lowest BCUT2D eigenvalue weighted by Crippen LogP contribution is -2.31. The number of aliphatic hydroxyl groups excluding tert-OH is 1. The second kappa shape index (κ2) is 7.97. The van der Waals surface area contributed by atoms with Crippen molar-refractivity contribution >= 4 is 0 Å². The predicted molar refractivity (Wildman–Crippen MR) is 90.3 cm³/mol. The third-order valence-electron chi connectivity index (χ3n) is 3.75. The van der Waals surface area contributed by atoms with Crippen LogP contribution < -0.4 is 10.1 Å². The van der Waals surface area contributed by atoms with Crippen molar-refractivity contribution in [2.45, 2.75) is 33.4 Å². The van der Waals surface area contributed by atoms with Crippen LogP contribution in [-0.4, -0.2) is 24.4 Å². The largest absolute Gasteiger partial charge is 0.491 e. The first-order valence-corrected chi connectivity index (χ1v) is 7.69. The maximum absolute atomic E-state index is 10.0. The van der Waals surface area contributed by atoms with Crippen molar-refractivity contribution in [1.29, 1.82) is 0 Å².